The summed E-state index contributed by atoms with van der Waals surface area (Å²) < 4.78 is 0. The molecule has 0 unspecified atom stereocenters. The van der Waals surface area contributed by atoms with Gasteiger partial charge in [0.2, 0.25) is 5.91 Å². The summed E-state index contributed by atoms with van der Waals surface area (Å²) >= 11 is 0. The summed E-state index contributed by atoms with van der Waals surface area (Å²) in [7, 11) is 1.95. The summed E-state index contributed by atoms with van der Waals surface area (Å²) in [6, 6.07) is 1.21. The molecule has 1 aliphatic carbocycles. The molecule has 1 N–H and O–H groups in total. The zero-order valence-electron chi connectivity index (χ0n) is 11.8. The van der Waals surface area contributed by atoms with Crippen LogP contribution in [0.15, 0.2) is 0 Å². The maximum atomic E-state index is 12.0. The van der Waals surface area contributed by atoms with Gasteiger partial charge in [-0.3, -0.25) is 9.69 Å². The minimum atomic E-state index is 0.303. The number of nitrogens with one attached hydrogen (secondary N) is 1. The highest BCUT2D eigenvalue weighted by Gasteiger charge is 2.30. The molecule has 18 heavy (non-hydrogen) atoms. The molecule has 2 fully saturated rings. The molecule has 4 heteroatoms. The van der Waals surface area contributed by atoms with Crippen molar-refractivity contribution in [2.24, 2.45) is 0 Å². The zero-order valence-corrected chi connectivity index (χ0v) is 11.8. The van der Waals surface area contributed by atoms with Crippen LogP contribution >= 0.6 is 0 Å². The van der Waals surface area contributed by atoms with E-state index in [0.717, 1.165) is 19.6 Å². The summed E-state index contributed by atoms with van der Waals surface area (Å²) in [5.74, 6) is 0.303. The molecular formula is C14H27N3O. The molecule has 4 nitrogen and oxygen atoms in total. The second-order valence-electron chi connectivity index (χ2n) is 5.74. The SMILES string of the molecule is CCCNC1CCN(CC(=O)N(C)C2CC2)CC1. The molecule has 1 saturated carbocycles. The molecule has 0 aromatic rings. The minimum absolute atomic E-state index is 0.303. The van der Waals surface area contributed by atoms with Crippen LogP contribution in [0.25, 0.3) is 0 Å². The summed E-state index contributed by atoms with van der Waals surface area (Å²) in [4.78, 5) is 16.3. The van der Waals surface area contributed by atoms with Crippen molar-refractivity contribution in [3.05, 3.63) is 0 Å². The number of nitrogens with zero attached hydrogens (tertiary/aromatic N) is 2. The van der Waals surface area contributed by atoms with Crippen molar-refractivity contribution >= 4 is 5.91 Å². The topological polar surface area (TPSA) is 35.6 Å². The molecule has 2 aliphatic rings. The maximum Gasteiger partial charge on any atom is 0.236 e. The molecule has 0 spiro atoms. The molecular weight excluding hydrogens is 226 g/mol. The maximum absolute atomic E-state index is 12.0. The molecule has 0 bridgehead atoms. The van der Waals surface area contributed by atoms with Gasteiger partial charge in [-0.25, -0.2) is 0 Å². The van der Waals surface area contributed by atoms with E-state index in [1.807, 2.05) is 11.9 Å². The normalized spacial score (nSPS) is 22.1. The van der Waals surface area contributed by atoms with Gasteiger partial charge in [0, 0.05) is 32.2 Å². The highest BCUT2D eigenvalue weighted by molar-refractivity contribution is 5.78. The van der Waals surface area contributed by atoms with Crippen LogP contribution in [0.4, 0.5) is 0 Å². The molecule has 0 aromatic carbocycles. The first-order valence-corrected chi connectivity index (χ1v) is 7.42. The predicted molar refractivity (Wildman–Crippen MR) is 73.5 cm³/mol. The Kier molecular flexibility index (Phi) is 5.01. The third-order valence-corrected chi connectivity index (χ3v) is 4.12. The van der Waals surface area contributed by atoms with Crippen LogP contribution < -0.4 is 5.32 Å². The third-order valence-electron chi connectivity index (χ3n) is 4.12. The first-order chi connectivity index (χ1) is 8.70. The second kappa shape index (κ2) is 6.53. The van der Waals surface area contributed by atoms with Crippen molar-refractivity contribution in [2.45, 2.75) is 51.1 Å². The van der Waals surface area contributed by atoms with Crippen molar-refractivity contribution in [2.75, 3.05) is 33.2 Å². The zero-order chi connectivity index (χ0) is 13.0. The van der Waals surface area contributed by atoms with Crippen LogP contribution in [0.2, 0.25) is 0 Å². The van der Waals surface area contributed by atoms with Gasteiger partial charge in [-0.1, -0.05) is 6.92 Å². The Labute approximate surface area is 111 Å². The van der Waals surface area contributed by atoms with Crippen LogP contribution in [0.5, 0.6) is 0 Å². The lowest BCUT2D eigenvalue weighted by Crippen LogP contribution is -2.46. The fraction of sp³-hybridized carbons (Fsp3) is 0.929. The number of rotatable bonds is 6. The quantitative estimate of drug-likeness (QED) is 0.769. The number of likely N-dealkylation sites (tertiary alicyclic amines) is 1. The van der Waals surface area contributed by atoms with Gasteiger partial charge < -0.3 is 10.2 Å². The Bertz CT molecular complexity index is 270. The van der Waals surface area contributed by atoms with Crippen LogP contribution in [0.1, 0.15) is 39.0 Å². The van der Waals surface area contributed by atoms with Crippen molar-refractivity contribution in [3.63, 3.8) is 0 Å². The van der Waals surface area contributed by atoms with Crippen molar-refractivity contribution in [1.29, 1.82) is 0 Å². The van der Waals surface area contributed by atoms with Gasteiger partial charge in [0.15, 0.2) is 0 Å². The fourth-order valence-corrected chi connectivity index (χ4v) is 2.61. The van der Waals surface area contributed by atoms with E-state index in [-0.39, 0.29) is 0 Å². The van der Waals surface area contributed by atoms with Gasteiger partial charge in [-0.15, -0.1) is 0 Å². The largest absolute Gasteiger partial charge is 0.342 e. The van der Waals surface area contributed by atoms with E-state index in [1.54, 1.807) is 0 Å². The summed E-state index contributed by atoms with van der Waals surface area (Å²) in [5, 5.41) is 3.57. The number of carbonyl (C=O) groups is 1. The molecule has 0 aromatic heterocycles. The summed E-state index contributed by atoms with van der Waals surface area (Å²) in [6.07, 6.45) is 5.96. The third kappa shape index (κ3) is 3.95. The van der Waals surface area contributed by atoms with E-state index in [2.05, 4.69) is 17.1 Å². The van der Waals surface area contributed by atoms with E-state index in [0.29, 0.717) is 24.5 Å². The van der Waals surface area contributed by atoms with E-state index < -0.39 is 0 Å². The number of hydrogen-bond acceptors (Lipinski definition) is 3. The highest BCUT2D eigenvalue weighted by atomic mass is 16.2. The lowest BCUT2D eigenvalue weighted by atomic mass is 10.0. The van der Waals surface area contributed by atoms with E-state index >= 15 is 0 Å². The van der Waals surface area contributed by atoms with Crippen molar-refractivity contribution < 1.29 is 4.79 Å². The van der Waals surface area contributed by atoms with Gasteiger partial charge in [0.25, 0.3) is 0 Å². The average molecular weight is 253 g/mol. The van der Waals surface area contributed by atoms with Gasteiger partial charge in [-0.05, 0) is 38.6 Å². The number of likely N-dealkylation sites (N-methyl/N-ethyl adjacent to an activating group) is 1. The lowest BCUT2D eigenvalue weighted by Gasteiger charge is -2.33. The monoisotopic (exact) mass is 253 g/mol. The Hall–Kier alpha value is -0.610. The number of hydrogen-bond donors (Lipinski definition) is 1. The minimum Gasteiger partial charge on any atom is -0.342 e. The van der Waals surface area contributed by atoms with E-state index in [4.69, 9.17) is 0 Å². The van der Waals surface area contributed by atoms with E-state index in [9.17, 15) is 4.79 Å². The van der Waals surface area contributed by atoms with Crippen LogP contribution in [0.3, 0.4) is 0 Å². The Morgan fingerprint density at radius 1 is 1.28 bits per heavy atom. The molecule has 2 rings (SSSR count). The average Bonchev–Trinajstić information content (AvgIpc) is 3.21. The first kappa shape index (κ1) is 13.8. The standard InChI is InChI=1S/C14H27N3O/c1-3-8-15-12-6-9-17(10-7-12)11-14(18)16(2)13-4-5-13/h12-13,15H,3-11H2,1-2H3. The van der Waals surface area contributed by atoms with Gasteiger partial charge >= 0.3 is 0 Å². The first-order valence-electron chi connectivity index (χ1n) is 7.42. The smallest absolute Gasteiger partial charge is 0.236 e. The Balaban J connectivity index is 1.65. The van der Waals surface area contributed by atoms with Crippen molar-refractivity contribution in [1.82, 2.24) is 15.1 Å². The van der Waals surface area contributed by atoms with Crippen molar-refractivity contribution in [3.8, 4) is 0 Å². The fourth-order valence-electron chi connectivity index (χ4n) is 2.61. The number of piperidine rings is 1. The molecule has 1 heterocycles. The Morgan fingerprint density at radius 2 is 1.94 bits per heavy atom. The molecule has 0 atom stereocenters. The number of amides is 1. The van der Waals surface area contributed by atoms with Gasteiger partial charge in [-0.2, -0.15) is 0 Å². The molecule has 1 aliphatic heterocycles. The van der Waals surface area contributed by atoms with Gasteiger partial charge in [0.1, 0.15) is 0 Å². The van der Waals surface area contributed by atoms with Crippen LogP contribution in [-0.4, -0.2) is 61.0 Å². The highest BCUT2D eigenvalue weighted by Crippen LogP contribution is 2.25. The molecule has 1 amide bonds. The Morgan fingerprint density at radius 3 is 2.50 bits per heavy atom. The summed E-state index contributed by atoms with van der Waals surface area (Å²) in [5.41, 5.74) is 0. The predicted octanol–water partition coefficient (Wildman–Crippen LogP) is 1.07. The second-order valence-corrected chi connectivity index (χ2v) is 5.74. The number of carbonyl (C=O) groups excluding carboxylic acids is 1. The van der Waals surface area contributed by atoms with Gasteiger partial charge in [0.05, 0.1) is 6.54 Å². The molecule has 1 saturated heterocycles. The van der Waals surface area contributed by atoms with Crippen LogP contribution in [-0.2, 0) is 4.79 Å². The van der Waals surface area contributed by atoms with E-state index in [1.165, 1.54) is 32.1 Å². The van der Waals surface area contributed by atoms with Crippen LogP contribution in [0, 0.1) is 0 Å². The molecule has 104 valence electrons. The summed E-state index contributed by atoms with van der Waals surface area (Å²) in [6.45, 7) is 6.06. The lowest BCUT2D eigenvalue weighted by molar-refractivity contribution is -0.131. The molecule has 0 radical (unpaired) electrons.